The predicted molar refractivity (Wildman–Crippen MR) is 167 cm³/mol. The molecule has 0 aromatic heterocycles. The molecule has 6 rings (SSSR count). The number of hydrogen-bond donors (Lipinski definition) is 6. The van der Waals surface area contributed by atoms with Gasteiger partial charge in [0.25, 0.3) is 32.1 Å². The lowest BCUT2D eigenvalue weighted by molar-refractivity contribution is 0.0696. The highest BCUT2D eigenvalue weighted by Gasteiger charge is 2.27. The SMILES string of the molecule is Nc1cc2c(O)c(/N=N/c3ccc(/N=N/c4ccc5c(c4)C(=O)NC5=O)c4ccc(S(=O)(=O)O)cc34)c(C(=O)O)cc2cc1S(=O)(=O)O. The highest BCUT2D eigenvalue weighted by Crippen LogP contribution is 2.43. The number of nitrogens with zero attached hydrogens (tertiary/aromatic N) is 4. The molecule has 0 unspecified atom stereocenters. The van der Waals surface area contributed by atoms with Gasteiger partial charge in [0.15, 0.2) is 5.75 Å². The summed E-state index contributed by atoms with van der Waals surface area (Å²) < 4.78 is 66.4. The maximum Gasteiger partial charge on any atom is 0.338 e. The molecule has 0 bridgehead atoms. The maximum absolute atomic E-state index is 12.1. The molecular weight excluding hydrogens is 672 g/mol. The van der Waals surface area contributed by atoms with Crippen LogP contribution in [0.15, 0.2) is 97.0 Å². The molecule has 0 saturated heterocycles. The standard InChI is InChI=1S/C29H18N6O11S2/c30-21-11-17-12(8-24(21)48(44,45)46)7-20(29(39)40)25(26(17)36)35-34-23-6-5-22(15-4-2-14(10-18(15)23)47(41,42)43)33-32-13-1-3-16-19(9-13)28(38)31-27(16)37/h1-11,36H,30H2,(H,39,40)(H,31,37,38)(H,41,42,43)(H,44,45,46)/b33-32+,35-34+. The zero-order valence-corrected chi connectivity index (χ0v) is 25.3. The maximum atomic E-state index is 12.1. The van der Waals surface area contributed by atoms with E-state index in [2.05, 4.69) is 25.8 Å². The van der Waals surface area contributed by atoms with Gasteiger partial charge >= 0.3 is 5.97 Å². The third kappa shape index (κ3) is 5.69. The number of nitrogens with two attached hydrogens (primary N) is 1. The first-order valence-corrected chi connectivity index (χ1v) is 16.1. The van der Waals surface area contributed by atoms with Gasteiger partial charge in [-0.3, -0.25) is 24.0 Å². The summed E-state index contributed by atoms with van der Waals surface area (Å²) in [6.07, 6.45) is 0. The molecule has 0 aliphatic carbocycles. The van der Waals surface area contributed by atoms with Crippen LogP contribution in [0.1, 0.15) is 31.1 Å². The van der Waals surface area contributed by atoms with Crippen LogP contribution in [-0.2, 0) is 20.2 Å². The van der Waals surface area contributed by atoms with E-state index in [-0.39, 0.29) is 49.7 Å². The van der Waals surface area contributed by atoms with E-state index in [4.69, 9.17) is 5.73 Å². The number of imide groups is 1. The number of nitrogens with one attached hydrogen (secondary N) is 1. The van der Waals surface area contributed by atoms with Crippen LogP contribution < -0.4 is 11.1 Å². The van der Waals surface area contributed by atoms with E-state index in [0.717, 1.165) is 30.3 Å². The second kappa shape index (κ2) is 11.3. The lowest BCUT2D eigenvalue weighted by Gasteiger charge is -2.11. The Morgan fingerprint density at radius 3 is 2.04 bits per heavy atom. The summed E-state index contributed by atoms with van der Waals surface area (Å²) in [7, 11) is -9.50. The van der Waals surface area contributed by atoms with E-state index < -0.39 is 70.5 Å². The Labute approximate surface area is 268 Å². The van der Waals surface area contributed by atoms with E-state index in [1.54, 1.807) is 0 Å². The van der Waals surface area contributed by atoms with Crippen molar-refractivity contribution < 1.29 is 50.5 Å². The van der Waals surface area contributed by atoms with Crippen LogP contribution in [-0.4, -0.2) is 53.9 Å². The van der Waals surface area contributed by atoms with Gasteiger partial charge in [-0.1, -0.05) is 6.07 Å². The molecule has 1 aliphatic heterocycles. The molecule has 242 valence electrons. The largest absolute Gasteiger partial charge is 0.505 e. The summed E-state index contributed by atoms with van der Waals surface area (Å²) >= 11 is 0. The van der Waals surface area contributed by atoms with Crippen molar-refractivity contribution in [1.82, 2.24) is 5.32 Å². The molecule has 0 spiro atoms. The smallest absolute Gasteiger partial charge is 0.338 e. The number of carbonyl (C=O) groups is 3. The topological polar surface area (TPSA) is 288 Å². The Bertz CT molecular complexity index is 2580. The van der Waals surface area contributed by atoms with Crippen molar-refractivity contribution in [2.75, 3.05) is 5.73 Å². The van der Waals surface area contributed by atoms with Gasteiger partial charge < -0.3 is 15.9 Å². The second-order valence-electron chi connectivity index (χ2n) is 10.2. The Morgan fingerprint density at radius 2 is 1.38 bits per heavy atom. The minimum atomic E-state index is -4.79. The number of phenols is 1. The molecule has 5 aromatic rings. The van der Waals surface area contributed by atoms with Crippen LogP contribution in [0.2, 0.25) is 0 Å². The molecule has 48 heavy (non-hydrogen) atoms. The highest BCUT2D eigenvalue weighted by molar-refractivity contribution is 7.86. The van der Waals surface area contributed by atoms with Crippen molar-refractivity contribution in [3.8, 4) is 5.75 Å². The number of nitrogen functional groups attached to an aromatic ring is 1. The number of fused-ring (bicyclic) bond motifs is 3. The van der Waals surface area contributed by atoms with Crippen molar-refractivity contribution >= 4 is 88.0 Å². The molecule has 19 heteroatoms. The molecule has 0 fully saturated rings. The first kappa shape index (κ1) is 31.8. The van der Waals surface area contributed by atoms with E-state index in [1.165, 1.54) is 36.4 Å². The number of hydrogen-bond acceptors (Lipinski definition) is 13. The van der Waals surface area contributed by atoms with Crippen molar-refractivity contribution in [2.45, 2.75) is 9.79 Å². The average molecular weight is 691 g/mol. The second-order valence-corrected chi connectivity index (χ2v) is 13.0. The van der Waals surface area contributed by atoms with Crippen LogP contribution in [0.5, 0.6) is 5.75 Å². The lowest BCUT2D eigenvalue weighted by Crippen LogP contribution is -2.19. The molecule has 0 atom stereocenters. The van der Waals surface area contributed by atoms with Crippen LogP contribution in [0.25, 0.3) is 21.5 Å². The summed E-state index contributed by atoms with van der Waals surface area (Å²) in [5.41, 5.74) is 4.68. The van der Waals surface area contributed by atoms with Gasteiger partial charge in [-0.15, -0.1) is 15.3 Å². The minimum absolute atomic E-state index is 0.0449. The predicted octanol–water partition coefficient (Wildman–Crippen LogP) is 5.19. The van der Waals surface area contributed by atoms with Gasteiger partial charge in [-0.05, 0) is 66.0 Å². The third-order valence-corrected chi connectivity index (χ3v) is 8.97. The van der Waals surface area contributed by atoms with Gasteiger partial charge in [0.05, 0.1) is 44.3 Å². The number of carbonyl (C=O) groups excluding carboxylic acids is 2. The van der Waals surface area contributed by atoms with E-state index >= 15 is 0 Å². The Hall–Kier alpha value is -6.15. The van der Waals surface area contributed by atoms with Crippen molar-refractivity contribution in [3.05, 3.63) is 83.4 Å². The first-order valence-electron chi connectivity index (χ1n) is 13.2. The number of anilines is 1. The van der Waals surface area contributed by atoms with Crippen LogP contribution >= 0.6 is 0 Å². The van der Waals surface area contributed by atoms with E-state index in [1.807, 2.05) is 0 Å². The number of carboxylic acids is 1. The van der Waals surface area contributed by atoms with E-state index in [0.29, 0.717) is 0 Å². The number of phenolic OH excluding ortho intramolecular Hbond substituents is 1. The first-order chi connectivity index (χ1) is 22.5. The monoisotopic (exact) mass is 690 g/mol. The molecule has 0 saturated carbocycles. The number of aromatic hydroxyl groups is 1. The molecule has 17 nitrogen and oxygen atoms in total. The van der Waals surface area contributed by atoms with Gasteiger partial charge in [0, 0.05) is 16.2 Å². The summed E-state index contributed by atoms with van der Waals surface area (Å²) in [5.74, 6) is -3.49. The highest BCUT2D eigenvalue weighted by atomic mass is 32.2. The Kier molecular flexibility index (Phi) is 7.47. The summed E-state index contributed by atoms with van der Waals surface area (Å²) in [4.78, 5) is 34.7. The van der Waals surface area contributed by atoms with Gasteiger partial charge in [0.1, 0.15) is 10.6 Å². The number of amides is 2. The Balaban J connectivity index is 1.48. The summed E-state index contributed by atoms with van der Waals surface area (Å²) in [5, 5.41) is 39.3. The number of carboxylic acid groups (broad SMARTS) is 1. The number of benzene rings is 5. The summed E-state index contributed by atoms with van der Waals surface area (Å²) in [6.45, 7) is 0. The fourth-order valence-corrected chi connectivity index (χ4v) is 6.11. The fraction of sp³-hybridized carbons (Fsp3) is 0. The van der Waals surface area contributed by atoms with Crippen LogP contribution in [0.3, 0.4) is 0 Å². The zero-order valence-electron chi connectivity index (χ0n) is 23.7. The Morgan fingerprint density at radius 1 is 0.708 bits per heavy atom. The summed E-state index contributed by atoms with van der Waals surface area (Å²) in [6, 6.07) is 13.2. The number of rotatable bonds is 7. The number of aromatic carboxylic acids is 1. The van der Waals surface area contributed by atoms with Crippen LogP contribution in [0.4, 0.5) is 28.4 Å². The molecule has 5 aromatic carbocycles. The molecule has 7 N–H and O–H groups in total. The quantitative estimate of drug-likeness (QED) is 0.0557. The third-order valence-electron chi connectivity index (χ3n) is 7.21. The van der Waals surface area contributed by atoms with Crippen LogP contribution in [0, 0.1) is 0 Å². The molecule has 1 aliphatic rings. The zero-order chi connectivity index (χ0) is 34.7. The molecule has 0 radical (unpaired) electrons. The normalized spacial score (nSPS) is 13.5. The van der Waals surface area contributed by atoms with Gasteiger partial charge in [-0.2, -0.15) is 21.9 Å². The average Bonchev–Trinajstić information content (AvgIpc) is 3.30. The molecule has 2 amide bonds. The van der Waals surface area contributed by atoms with E-state index in [9.17, 15) is 50.5 Å². The molecular formula is C29H18N6O11S2. The van der Waals surface area contributed by atoms with Crippen molar-refractivity contribution in [3.63, 3.8) is 0 Å². The molecule has 1 heterocycles. The van der Waals surface area contributed by atoms with Gasteiger partial charge in [0.2, 0.25) is 0 Å². The minimum Gasteiger partial charge on any atom is -0.505 e. The van der Waals surface area contributed by atoms with Crippen molar-refractivity contribution in [2.24, 2.45) is 20.5 Å². The fourth-order valence-electron chi connectivity index (χ4n) is 4.97. The van der Waals surface area contributed by atoms with Crippen molar-refractivity contribution in [1.29, 1.82) is 0 Å². The number of azo groups is 2. The van der Waals surface area contributed by atoms with Gasteiger partial charge in [-0.25, -0.2) is 4.79 Å². The lowest BCUT2D eigenvalue weighted by atomic mass is 10.0.